The summed E-state index contributed by atoms with van der Waals surface area (Å²) in [6, 6.07) is 10.2. The number of amides is 1. The number of aryl methyl sites for hydroxylation is 1. The van der Waals surface area contributed by atoms with Crippen molar-refractivity contribution in [2.45, 2.75) is 6.54 Å². The number of fused-ring (bicyclic) bond motifs is 1. The molecule has 0 radical (unpaired) electrons. The van der Waals surface area contributed by atoms with Crippen molar-refractivity contribution >= 4 is 22.8 Å². The van der Waals surface area contributed by atoms with E-state index in [0.29, 0.717) is 13.1 Å². The van der Waals surface area contributed by atoms with Crippen LogP contribution in [0.25, 0.3) is 11.2 Å². The number of benzene rings is 1. The van der Waals surface area contributed by atoms with Crippen LogP contribution in [0.4, 0.5) is 5.69 Å². The molecule has 1 fully saturated rings. The molecule has 1 aliphatic rings. The van der Waals surface area contributed by atoms with Crippen molar-refractivity contribution in [3.63, 3.8) is 0 Å². The van der Waals surface area contributed by atoms with Crippen molar-refractivity contribution < 1.29 is 9.53 Å². The fourth-order valence-corrected chi connectivity index (χ4v) is 3.82. The number of methoxy groups -OCH3 is 1. The van der Waals surface area contributed by atoms with Gasteiger partial charge >= 0.3 is 5.69 Å². The van der Waals surface area contributed by atoms with Crippen LogP contribution in [0.3, 0.4) is 0 Å². The van der Waals surface area contributed by atoms with Crippen molar-refractivity contribution in [3.05, 3.63) is 51.2 Å². The van der Waals surface area contributed by atoms with Gasteiger partial charge in [-0.1, -0.05) is 18.2 Å². The number of anilines is 1. The summed E-state index contributed by atoms with van der Waals surface area (Å²) in [5.41, 5.74) is 0.513. The third kappa shape index (κ3) is 3.23. The molecule has 1 amide bonds. The molecule has 158 valence electrons. The summed E-state index contributed by atoms with van der Waals surface area (Å²) >= 11 is 0. The highest BCUT2D eigenvalue weighted by molar-refractivity contribution is 5.80. The van der Waals surface area contributed by atoms with E-state index in [1.54, 1.807) is 4.90 Å². The predicted octanol–water partition coefficient (Wildman–Crippen LogP) is -0.209. The lowest BCUT2D eigenvalue weighted by atomic mass is 10.2. The second-order valence-corrected chi connectivity index (χ2v) is 7.27. The molecule has 0 aliphatic carbocycles. The Kier molecular flexibility index (Phi) is 5.06. The first kappa shape index (κ1) is 19.7. The van der Waals surface area contributed by atoms with Gasteiger partial charge in [-0.25, -0.2) is 4.79 Å². The number of nitrogens with zero attached hydrogens (tertiary/aromatic N) is 6. The number of hydrogen-bond donors (Lipinski definition) is 0. The Hall–Kier alpha value is -3.56. The Morgan fingerprint density at radius 1 is 1.03 bits per heavy atom. The molecule has 30 heavy (non-hydrogen) atoms. The number of aromatic nitrogens is 4. The molecule has 1 aromatic carbocycles. The molecule has 1 saturated heterocycles. The highest BCUT2D eigenvalue weighted by Gasteiger charge is 2.25. The SMILES string of the molecule is COc1nc2c(c(=O)n(C)c(=O)n2C)n1CC(=O)N1CCN(c2ccccc2)CC1. The minimum Gasteiger partial charge on any atom is -0.468 e. The van der Waals surface area contributed by atoms with Gasteiger partial charge in [-0.2, -0.15) is 4.98 Å². The van der Waals surface area contributed by atoms with E-state index in [4.69, 9.17) is 4.74 Å². The normalized spacial score (nSPS) is 14.4. The van der Waals surface area contributed by atoms with E-state index < -0.39 is 11.2 Å². The van der Waals surface area contributed by atoms with Crippen LogP contribution >= 0.6 is 0 Å². The van der Waals surface area contributed by atoms with E-state index in [2.05, 4.69) is 22.0 Å². The molecule has 0 saturated carbocycles. The average Bonchev–Trinajstić information content (AvgIpc) is 3.15. The van der Waals surface area contributed by atoms with E-state index in [0.717, 1.165) is 23.3 Å². The second-order valence-electron chi connectivity index (χ2n) is 7.27. The summed E-state index contributed by atoms with van der Waals surface area (Å²) in [5, 5.41) is 0. The van der Waals surface area contributed by atoms with E-state index in [1.165, 1.54) is 30.3 Å². The van der Waals surface area contributed by atoms with Gasteiger partial charge in [0.2, 0.25) is 5.91 Å². The Bertz CT molecular complexity index is 1200. The largest absolute Gasteiger partial charge is 0.468 e. The van der Waals surface area contributed by atoms with Crippen LogP contribution in [0.1, 0.15) is 0 Å². The molecule has 10 heteroatoms. The first-order chi connectivity index (χ1) is 14.4. The lowest BCUT2D eigenvalue weighted by Crippen LogP contribution is -2.49. The summed E-state index contributed by atoms with van der Waals surface area (Å²) in [7, 11) is 4.35. The van der Waals surface area contributed by atoms with Gasteiger partial charge in [-0.15, -0.1) is 0 Å². The maximum Gasteiger partial charge on any atom is 0.332 e. The molecule has 0 unspecified atom stereocenters. The lowest BCUT2D eigenvalue weighted by Gasteiger charge is -2.36. The molecule has 0 spiro atoms. The highest BCUT2D eigenvalue weighted by atomic mass is 16.5. The van der Waals surface area contributed by atoms with Crippen LogP contribution in [-0.2, 0) is 25.4 Å². The molecule has 1 aliphatic heterocycles. The van der Waals surface area contributed by atoms with E-state index in [9.17, 15) is 14.4 Å². The molecule has 0 N–H and O–H groups in total. The number of hydrogen-bond acceptors (Lipinski definition) is 6. The molecule has 3 aromatic rings. The maximum absolute atomic E-state index is 13.0. The Labute approximate surface area is 172 Å². The summed E-state index contributed by atoms with van der Waals surface area (Å²) in [6.07, 6.45) is 0. The summed E-state index contributed by atoms with van der Waals surface area (Å²) in [5.74, 6) is -0.129. The summed E-state index contributed by atoms with van der Waals surface area (Å²) in [6.45, 7) is 2.54. The first-order valence-electron chi connectivity index (χ1n) is 9.70. The van der Waals surface area contributed by atoms with Crippen LogP contribution in [0.15, 0.2) is 39.9 Å². The van der Waals surface area contributed by atoms with Crippen LogP contribution in [0.2, 0.25) is 0 Å². The van der Waals surface area contributed by atoms with Crippen LogP contribution in [0, 0.1) is 0 Å². The lowest BCUT2D eigenvalue weighted by molar-refractivity contribution is -0.132. The molecule has 10 nitrogen and oxygen atoms in total. The number of carbonyl (C=O) groups excluding carboxylic acids is 1. The quantitative estimate of drug-likeness (QED) is 0.589. The van der Waals surface area contributed by atoms with Gasteiger partial charge in [0.1, 0.15) is 6.54 Å². The Balaban J connectivity index is 1.58. The van der Waals surface area contributed by atoms with Gasteiger partial charge < -0.3 is 14.5 Å². The predicted molar refractivity (Wildman–Crippen MR) is 112 cm³/mol. The van der Waals surface area contributed by atoms with E-state index in [-0.39, 0.29) is 29.6 Å². The zero-order valence-electron chi connectivity index (χ0n) is 17.2. The third-order valence-electron chi connectivity index (χ3n) is 5.54. The maximum atomic E-state index is 13.0. The van der Waals surface area contributed by atoms with Crippen LogP contribution in [-0.4, -0.2) is 62.8 Å². The fraction of sp³-hybridized carbons (Fsp3) is 0.400. The van der Waals surface area contributed by atoms with Crippen molar-refractivity contribution in [1.82, 2.24) is 23.6 Å². The summed E-state index contributed by atoms with van der Waals surface area (Å²) in [4.78, 5) is 46.2. The first-order valence-corrected chi connectivity index (χ1v) is 9.70. The van der Waals surface area contributed by atoms with Gasteiger partial charge in [0.15, 0.2) is 11.2 Å². The number of ether oxygens (including phenoxy) is 1. The summed E-state index contributed by atoms with van der Waals surface area (Å²) < 4.78 is 9.02. The molecular formula is C20H24N6O4. The molecule has 0 atom stereocenters. The zero-order chi connectivity index (χ0) is 21.4. The fourth-order valence-electron chi connectivity index (χ4n) is 3.82. The standard InChI is InChI=1S/C20H24N6O4/c1-22-17-16(18(28)23(2)20(22)29)26(19(21-17)30-3)13-15(27)25-11-9-24(10-12-25)14-7-5-4-6-8-14/h4-8H,9-13H2,1-3H3. The smallest absolute Gasteiger partial charge is 0.332 e. The monoisotopic (exact) mass is 412 g/mol. The Morgan fingerprint density at radius 3 is 2.33 bits per heavy atom. The number of carbonyl (C=O) groups is 1. The van der Waals surface area contributed by atoms with Crippen molar-refractivity contribution in [3.8, 4) is 6.01 Å². The second kappa shape index (κ2) is 7.69. The number of rotatable bonds is 4. The average molecular weight is 412 g/mol. The van der Waals surface area contributed by atoms with Crippen LogP contribution < -0.4 is 20.9 Å². The topological polar surface area (TPSA) is 94.6 Å². The van der Waals surface area contributed by atoms with Crippen molar-refractivity contribution in [1.29, 1.82) is 0 Å². The molecule has 4 rings (SSSR count). The van der Waals surface area contributed by atoms with Crippen molar-refractivity contribution in [2.24, 2.45) is 14.1 Å². The Morgan fingerprint density at radius 2 is 1.70 bits per heavy atom. The van der Waals surface area contributed by atoms with Gasteiger partial charge in [-0.05, 0) is 12.1 Å². The number of para-hydroxylation sites is 1. The molecule has 2 aromatic heterocycles. The van der Waals surface area contributed by atoms with Crippen molar-refractivity contribution in [2.75, 3.05) is 38.2 Å². The molecule has 0 bridgehead atoms. The van der Waals surface area contributed by atoms with Gasteiger partial charge in [-0.3, -0.25) is 23.3 Å². The minimum atomic E-state index is -0.509. The van der Waals surface area contributed by atoms with E-state index in [1.807, 2.05) is 18.2 Å². The number of piperazine rings is 1. The van der Waals surface area contributed by atoms with Gasteiger partial charge in [0, 0.05) is 46.0 Å². The third-order valence-corrected chi connectivity index (χ3v) is 5.54. The molecular weight excluding hydrogens is 388 g/mol. The van der Waals surface area contributed by atoms with Crippen LogP contribution in [0.5, 0.6) is 6.01 Å². The van der Waals surface area contributed by atoms with Gasteiger partial charge in [0.25, 0.3) is 11.6 Å². The van der Waals surface area contributed by atoms with Gasteiger partial charge in [0.05, 0.1) is 7.11 Å². The van der Waals surface area contributed by atoms with E-state index >= 15 is 0 Å². The molecule has 3 heterocycles. The minimum absolute atomic E-state index is 0.0849. The zero-order valence-corrected chi connectivity index (χ0v) is 17.2. The number of imidazole rings is 1. The highest BCUT2D eigenvalue weighted by Crippen LogP contribution is 2.19.